The molecule has 0 unspecified atom stereocenters. The molecule has 1 saturated heterocycles. The van der Waals surface area contributed by atoms with Crippen LogP contribution in [0.5, 0.6) is 0 Å². The Morgan fingerprint density at radius 3 is 2.21 bits per heavy atom. The van der Waals surface area contributed by atoms with E-state index in [9.17, 15) is 19.5 Å². The number of carboxylic acids is 1. The van der Waals surface area contributed by atoms with Crippen molar-refractivity contribution in [3.05, 3.63) is 101 Å². The molecule has 2 heterocycles. The summed E-state index contributed by atoms with van der Waals surface area (Å²) in [6, 6.07) is 20.7. The summed E-state index contributed by atoms with van der Waals surface area (Å²) in [5.41, 5.74) is 8.26. The Kier molecular flexibility index (Phi) is 9.01. The molecule has 202 valence electrons. The molecule has 1 aromatic heterocycles. The van der Waals surface area contributed by atoms with Gasteiger partial charge in [-0.1, -0.05) is 66.7 Å². The van der Waals surface area contributed by atoms with E-state index in [0.717, 1.165) is 16.7 Å². The molecular weight excluding hydrogens is 496 g/mol. The van der Waals surface area contributed by atoms with E-state index < -0.39 is 30.5 Å². The van der Waals surface area contributed by atoms with Gasteiger partial charge in [0, 0.05) is 25.2 Å². The van der Waals surface area contributed by atoms with Gasteiger partial charge < -0.3 is 21.1 Å². The van der Waals surface area contributed by atoms with Crippen molar-refractivity contribution in [2.45, 2.75) is 37.4 Å². The molecule has 0 bridgehead atoms. The lowest BCUT2D eigenvalue weighted by atomic mass is 9.84. The van der Waals surface area contributed by atoms with Gasteiger partial charge in [0.25, 0.3) is 0 Å². The van der Waals surface area contributed by atoms with Gasteiger partial charge in [-0.25, -0.2) is 0 Å². The van der Waals surface area contributed by atoms with Crippen molar-refractivity contribution in [1.82, 2.24) is 20.5 Å². The van der Waals surface area contributed by atoms with Gasteiger partial charge in [-0.15, -0.1) is 0 Å². The van der Waals surface area contributed by atoms with Crippen molar-refractivity contribution in [3.63, 3.8) is 0 Å². The Morgan fingerprint density at radius 1 is 1.03 bits per heavy atom. The van der Waals surface area contributed by atoms with Gasteiger partial charge in [0.15, 0.2) is 0 Å². The summed E-state index contributed by atoms with van der Waals surface area (Å²) in [5, 5.41) is 22.7. The predicted molar refractivity (Wildman–Crippen MR) is 146 cm³/mol. The van der Waals surface area contributed by atoms with Crippen molar-refractivity contribution in [2.75, 3.05) is 13.1 Å². The number of nitrogen functional groups attached to an aromatic ring is 1. The number of hydrogen-bond donors (Lipinski definition) is 5. The number of nitrogens with one attached hydrogen (secondary N) is 3. The number of aliphatic carboxylic acids is 1. The van der Waals surface area contributed by atoms with Crippen LogP contribution in [0.25, 0.3) is 0 Å². The summed E-state index contributed by atoms with van der Waals surface area (Å²) in [7, 11) is 0. The van der Waals surface area contributed by atoms with Crippen molar-refractivity contribution in [1.29, 1.82) is 5.41 Å². The standard InChI is InChI=1S/C29H32N6O4/c30-27(31)22-14-13-19(16-32-22)17-34-28(38)23-12-7-15-35(23)29(39)26(33-18-24(36)37)25(20-8-3-1-4-9-20)21-10-5-2-6-11-21/h1-6,8-11,13-14,16,23,25-26,33H,7,12,15,17-18H2,(H3,30,31)(H,34,38)(H,36,37)/t23-,26+/m0/s1. The normalized spacial score (nSPS) is 15.6. The van der Waals surface area contributed by atoms with Crippen LogP contribution in [0.3, 0.4) is 0 Å². The molecule has 2 atom stereocenters. The van der Waals surface area contributed by atoms with Crippen LogP contribution in [-0.4, -0.2) is 63.8 Å². The lowest BCUT2D eigenvalue weighted by Gasteiger charge is -2.33. The third-order valence-corrected chi connectivity index (χ3v) is 6.80. The molecule has 0 radical (unpaired) electrons. The fourth-order valence-electron chi connectivity index (χ4n) is 4.92. The Hall–Kier alpha value is -4.57. The van der Waals surface area contributed by atoms with E-state index in [1.54, 1.807) is 23.2 Å². The summed E-state index contributed by atoms with van der Waals surface area (Å²) in [4.78, 5) is 44.5. The molecule has 1 fully saturated rings. The first kappa shape index (κ1) is 27.5. The number of carboxylic acid groups (broad SMARTS) is 1. The molecule has 2 aromatic carbocycles. The van der Waals surface area contributed by atoms with Crippen molar-refractivity contribution in [2.24, 2.45) is 5.73 Å². The van der Waals surface area contributed by atoms with Crippen LogP contribution in [0.4, 0.5) is 0 Å². The van der Waals surface area contributed by atoms with Gasteiger partial charge in [0.1, 0.15) is 17.6 Å². The fraction of sp³-hybridized carbons (Fsp3) is 0.276. The van der Waals surface area contributed by atoms with Gasteiger partial charge in [-0.2, -0.15) is 0 Å². The van der Waals surface area contributed by atoms with E-state index in [-0.39, 0.29) is 24.2 Å². The SMILES string of the molecule is N=C(N)c1ccc(CNC(=O)[C@@H]2CCCN2C(=O)[C@H](NCC(=O)O)C(c2ccccc2)c2ccccc2)cn1. The Morgan fingerprint density at radius 2 is 1.67 bits per heavy atom. The highest BCUT2D eigenvalue weighted by Crippen LogP contribution is 2.31. The van der Waals surface area contributed by atoms with E-state index >= 15 is 0 Å². The lowest BCUT2D eigenvalue weighted by Crippen LogP contribution is -2.55. The highest BCUT2D eigenvalue weighted by atomic mass is 16.4. The van der Waals surface area contributed by atoms with Crippen LogP contribution in [-0.2, 0) is 20.9 Å². The van der Waals surface area contributed by atoms with E-state index in [2.05, 4.69) is 15.6 Å². The number of likely N-dealkylation sites (tertiary alicyclic amines) is 1. The van der Waals surface area contributed by atoms with Gasteiger partial charge in [-0.05, 0) is 35.6 Å². The zero-order valence-corrected chi connectivity index (χ0v) is 21.4. The first-order valence-electron chi connectivity index (χ1n) is 12.8. The topological polar surface area (TPSA) is 162 Å². The summed E-state index contributed by atoms with van der Waals surface area (Å²) in [5.74, 6) is -2.29. The van der Waals surface area contributed by atoms with Crippen LogP contribution in [0, 0.1) is 5.41 Å². The van der Waals surface area contributed by atoms with E-state index in [1.807, 2.05) is 60.7 Å². The summed E-state index contributed by atoms with van der Waals surface area (Å²) >= 11 is 0. The van der Waals surface area contributed by atoms with Crippen molar-refractivity contribution in [3.8, 4) is 0 Å². The minimum absolute atomic E-state index is 0.138. The van der Waals surface area contributed by atoms with Gasteiger partial charge in [0.2, 0.25) is 11.8 Å². The molecule has 3 aromatic rings. The van der Waals surface area contributed by atoms with Crippen LogP contribution in [0.15, 0.2) is 79.0 Å². The largest absolute Gasteiger partial charge is 0.480 e. The second-order valence-electron chi connectivity index (χ2n) is 9.42. The number of nitrogens with two attached hydrogens (primary N) is 1. The first-order chi connectivity index (χ1) is 18.8. The number of aromatic nitrogens is 1. The van der Waals surface area contributed by atoms with Gasteiger partial charge in [-0.3, -0.25) is 30.1 Å². The zero-order chi connectivity index (χ0) is 27.8. The number of benzene rings is 2. The number of pyridine rings is 1. The monoisotopic (exact) mass is 528 g/mol. The van der Waals surface area contributed by atoms with Crippen LogP contribution >= 0.6 is 0 Å². The highest BCUT2D eigenvalue weighted by molar-refractivity contribution is 5.93. The van der Waals surface area contributed by atoms with Crippen LogP contribution in [0.1, 0.15) is 41.1 Å². The molecule has 4 rings (SSSR count). The van der Waals surface area contributed by atoms with Crippen LogP contribution in [0.2, 0.25) is 0 Å². The van der Waals surface area contributed by atoms with Crippen molar-refractivity contribution >= 4 is 23.6 Å². The van der Waals surface area contributed by atoms with E-state index in [4.69, 9.17) is 11.1 Å². The minimum atomic E-state index is -1.08. The Balaban J connectivity index is 1.56. The first-order valence-corrected chi connectivity index (χ1v) is 12.8. The number of hydrogen-bond acceptors (Lipinski definition) is 6. The molecular formula is C29H32N6O4. The quantitative estimate of drug-likeness (QED) is 0.187. The Labute approximate surface area is 226 Å². The second-order valence-corrected chi connectivity index (χ2v) is 9.42. The maximum Gasteiger partial charge on any atom is 0.317 e. The summed E-state index contributed by atoms with van der Waals surface area (Å²) < 4.78 is 0. The fourth-order valence-corrected chi connectivity index (χ4v) is 4.92. The van der Waals surface area contributed by atoms with E-state index in [1.165, 1.54) is 0 Å². The number of nitrogens with zero attached hydrogens (tertiary/aromatic N) is 2. The Bertz CT molecular complexity index is 1260. The molecule has 6 N–H and O–H groups in total. The van der Waals surface area contributed by atoms with Gasteiger partial charge in [0.05, 0.1) is 12.6 Å². The number of carbonyl (C=O) groups is 3. The summed E-state index contributed by atoms with van der Waals surface area (Å²) in [6.45, 7) is 0.202. The number of amides is 2. The minimum Gasteiger partial charge on any atom is -0.480 e. The second kappa shape index (κ2) is 12.8. The average molecular weight is 529 g/mol. The third-order valence-electron chi connectivity index (χ3n) is 6.80. The number of rotatable bonds is 11. The molecule has 0 aliphatic carbocycles. The third kappa shape index (κ3) is 6.85. The molecule has 1 aliphatic rings. The molecule has 1 aliphatic heterocycles. The molecule has 39 heavy (non-hydrogen) atoms. The molecule has 0 saturated carbocycles. The molecule has 0 spiro atoms. The number of amidine groups is 1. The smallest absolute Gasteiger partial charge is 0.317 e. The number of carbonyl (C=O) groups excluding carboxylic acids is 2. The van der Waals surface area contributed by atoms with Crippen molar-refractivity contribution < 1.29 is 19.5 Å². The van der Waals surface area contributed by atoms with Gasteiger partial charge >= 0.3 is 5.97 Å². The average Bonchev–Trinajstić information content (AvgIpc) is 3.45. The summed E-state index contributed by atoms with van der Waals surface area (Å²) in [6.07, 6.45) is 2.71. The molecule has 10 nitrogen and oxygen atoms in total. The molecule has 10 heteroatoms. The molecule has 2 amide bonds. The predicted octanol–water partition coefficient (Wildman–Crippen LogP) is 1.85. The van der Waals surface area contributed by atoms with Crippen LogP contribution < -0.4 is 16.4 Å². The highest BCUT2D eigenvalue weighted by Gasteiger charge is 2.40. The van der Waals surface area contributed by atoms with E-state index in [0.29, 0.717) is 25.1 Å². The maximum atomic E-state index is 14.1. The maximum absolute atomic E-state index is 14.1. The zero-order valence-electron chi connectivity index (χ0n) is 21.4. The lowest BCUT2D eigenvalue weighted by molar-refractivity contribution is -0.141.